The summed E-state index contributed by atoms with van der Waals surface area (Å²) < 4.78 is 11.2. The van der Waals surface area contributed by atoms with Gasteiger partial charge in [0.2, 0.25) is 11.8 Å². The fraction of sp³-hybridized carbons (Fsp3) is 0.292. The van der Waals surface area contributed by atoms with Crippen LogP contribution in [0.2, 0.25) is 15.1 Å². The molecular formula is C24H22Cl3N3O3. The lowest BCUT2D eigenvalue weighted by Gasteiger charge is -2.25. The molecule has 2 aromatic heterocycles. The first-order valence-electron chi connectivity index (χ1n) is 10.4. The van der Waals surface area contributed by atoms with Crippen molar-refractivity contribution in [1.82, 2.24) is 14.9 Å². The van der Waals surface area contributed by atoms with Crippen molar-refractivity contribution < 1.29 is 14.3 Å². The Morgan fingerprint density at radius 2 is 1.76 bits per heavy atom. The molecule has 3 atom stereocenters. The van der Waals surface area contributed by atoms with Crippen LogP contribution in [0.3, 0.4) is 0 Å². The zero-order valence-electron chi connectivity index (χ0n) is 18.0. The van der Waals surface area contributed by atoms with Gasteiger partial charge in [0.15, 0.2) is 0 Å². The van der Waals surface area contributed by atoms with Crippen LogP contribution in [-0.2, 0) is 0 Å². The van der Waals surface area contributed by atoms with Crippen LogP contribution >= 0.6 is 34.8 Å². The maximum absolute atomic E-state index is 13.2. The van der Waals surface area contributed by atoms with Gasteiger partial charge in [-0.3, -0.25) is 4.79 Å². The highest BCUT2D eigenvalue weighted by Crippen LogP contribution is 2.38. The van der Waals surface area contributed by atoms with Gasteiger partial charge in [0, 0.05) is 49.5 Å². The Hall–Kier alpha value is -2.54. The lowest BCUT2D eigenvalue weighted by Crippen LogP contribution is -2.32. The lowest BCUT2D eigenvalue weighted by molar-refractivity contribution is 0.0769. The highest BCUT2D eigenvalue weighted by molar-refractivity contribution is 6.42. The van der Waals surface area contributed by atoms with Crippen LogP contribution in [0, 0.1) is 5.92 Å². The SMILES string of the molecule is COc1ccc(C(=O)N2C[C@@H]([C@@H](C)Oc3ccc(Cl)cn3)[C@H](c3ccc(Cl)c(Cl)c3)C2)cn1. The minimum atomic E-state index is -0.232. The van der Waals surface area contributed by atoms with Crippen LogP contribution in [0.15, 0.2) is 54.9 Å². The average Bonchev–Trinajstić information content (AvgIpc) is 3.27. The Bertz CT molecular complexity index is 1130. The van der Waals surface area contributed by atoms with Crippen molar-refractivity contribution in [1.29, 1.82) is 0 Å². The molecule has 3 aromatic rings. The van der Waals surface area contributed by atoms with E-state index in [4.69, 9.17) is 44.3 Å². The molecule has 0 radical (unpaired) electrons. The summed E-state index contributed by atoms with van der Waals surface area (Å²) >= 11 is 18.4. The topological polar surface area (TPSA) is 64.5 Å². The maximum atomic E-state index is 13.2. The molecule has 0 aliphatic carbocycles. The normalized spacial score (nSPS) is 18.8. The number of amides is 1. The van der Waals surface area contributed by atoms with E-state index >= 15 is 0 Å². The number of carbonyl (C=O) groups is 1. The van der Waals surface area contributed by atoms with E-state index in [1.807, 2.05) is 24.0 Å². The standard InChI is InChI=1S/C24H22Cl3N3O3/c1-14(33-23-8-5-17(25)11-29-23)18-12-30(24(31)16-4-7-22(32-2)28-10-16)13-19(18)15-3-6-20(26)21(27)9-15/h3-11,14,18-19H,12-13H2,1-2H3/t14-,18+,19+/m1/s1. The average molecular weight is 507 g/mol. The molecule has 33 heavy (non-hydrogen) atoms. The van der Waals surface area contributed by atoms with E-state index < -0.39 is 0 Å². The summed E-state index contributed by atoms with van der Waals surface area (Å²) in [6.07, 6.45) is 2.84. The number of hydrogen-bond donors (Lipinski definition) is 0. The zero-order valence-corrected chi connectivity index (χ0v) is 20.3. The number of carbonyl (C=O) groups excluding carboxylic acids is 1. The third-order valence-corrected chi connectivity index (χ3v) is 6.79. The van der Waals surface area contributed by atoms with Crippen LogP contribution in [-0.4, -0.2) is 47.1 Å². The van der Waals surface area contributed by atoms with Crippen molar-refractivity contribution in [3.63, 3.8) is 0 Å². The molecule has 0 bridgehead atoms. The van der Waals surface area contributed by atoms with Crippen LogP contribution in [0.1, 0.15) is 28.8 Å². The second-order valence-corrected chi connectivity index (χ2v) is 9.13. The summed E-state index contributed by atoms with van der Waals surface area (Å²) in [4.78, 5) is 23.5. The Labute approximate surface area is 207 Å². The van der Waals surface area contributed by atoms with Gasteiger partial charge >= 0.3 is 0 Å². The lowest BCUT2D eigenvalue weighted by atomic mass is 9.86. The molecule has 4 rings (SSSR count). The molecule has 6 nitrogen and oxygen atoms in total. The van der Waals surface area contributed by atoms with E-state index in [1.54, 1.807) is 36.5 Å². The van der Waals surface area contributed by atoms with Gasteiger partial charge in [-0.15, -0.1) is 0 Å². The minimum Gasteiger partial charge on any atom is -0.481 e. The monoisotopic (exact) mass is 505 g/mol. The van der Waals surface area contributed by atoms with E-state index in [2.05, 4.69) is 9.97 Å². The molecule has 1 fully saturated rings. The first-order chi connectivity index (χ1) is 15.9. The Kier molecular flexibility index (Phi) is 7.27. The highest BCUT2D eigenvalue weighted by Gasteiger charge is 2.40. The largest absolute Gasteiger partial charge is 0.481 e. The maximum Gasteiger partial charge on any atom is 0.255 e. The molecule has 3 heterocycles. The third-order valence-electron chi connectivity index (χ3n) is 5.83. The van der Waals surface area contributed by atoms with Crippen molar-refractivity contribution in [2.75, 3.05) is 20.2 Å². The number of hydrogen-bond acceptors (Lipinski definition) is 5. The summed E-state index contributed by atoms with van der Waals surface area (Å²) in [6.45, 7) is 2.99. The number of halogens is 3. The number of ether oxygens (including phenoxy) is 2. The van der Waals surface area contributed by atoms with Crippen LogP contribution < -0.4 is 9.47 Å². The Morgan fingerprint density at radius 1 is 1.00 bits per heavy atom. The van der Waals surface area contributed by atoms with Gasteiger partial charge in [-0.05, 0) is 36.8 Å². The molecule has 9 heteroatoms. The number of likely N-dealkylation sites (tertiary alicyclic amines) is 1. The quantitative estimate of drug-likeness (QED) is 0.425. The predicted octanol–water partition coefficient (Wildman–Crippen LogP) is 5.77. The second-order valence-electron chi connectivity index (χ2n) is 7.88. The molecule has 0 saturated carbocycles. The molecule has 1 aromatic carbocycles. The number of nitrogens with zero attached hydrogens (tertiary/aromatic N) is 3. The molecule has 1 amide bonds. The number of rotatable bonds is 6. The molecule has 1 aliphatic rings. The van der Waals surface area contributed by atoms with Crippen molar-refractivity contribution in [2.45, 2.75) is 18.9 Å². The number of methoxy groups -OCH3 is 1. The van der Waals surface area contributed by atoms with Crippen molar-refractivity contribution in [3.8, 4) is 11.8 Å². The number of pyridine rings is 2. The zero-order chi connectivity index (χ0) is 23.5. The fourth-order valence-corrected chi connectivity index (χ4v) is 4.50. The van der Waals surface area contributed by atoms with Gasteiger partial charge in [0.1, 0.15) is 6.10 Å². The molecule has 0 unspecified atom stereocenters. The predicted molar refractivity (Wildman–Crippen MR) is 129 cm³/mol. The molecular weight excluding hydrogens is 485 g/mol. The minimum absolute atomic E-state index is 0.00257. The first-order valence-corrected chi connectivity index (χ1v) is 11.5. The molecule has 1 saturated heterocycles. The van der Waals surface area contributed by atoms with E-state index in [0.29, 0.717) is 45.5 Å². The van der Waals surface area contributed by atoms with E-state index in [0.717, 1.165) is 5.56 Å². The molecule has 1 aliphatic heterocycles. The van der Waals surface area contributed by atoms with Crippen LogP contribution in [0.25, 0.3) is 0 Å². The molecule has 172 valence electrons. The number of aromatic nitrogens is 2. The van der Waals surface area contributed by atoms with Gasteiger partial charge in [0.25, 0.3) is 5.91 Å². The molecule has 0 N–H and O–H groups in total. The van der Waals surface area contributed by atoms with Gasteiger partial charge in [-0.1, -0.05) is 40.9 Å². The van der Waals surface area contributed by atoms with Gasteiger partial charge in [-0.25, -0.2) is 9.97 Å². The van der Waals surface area contributed by atoms with Crippen molar-refractivity contribution in [2.24, 2.45) is 5.92 Å². The van der Waals surface area contributed by atoms with Gasteiger partial charge in [0.05, 0.1) is 27.7 Å². The summed E-state index contributed by atoms with van der Waals surface area (Å²) in [6, 6.07) is 12.4. The van der Waals surface area contributed by atoms with E-state index in [1.165, 1.54) is 13.3 Å². The second kappa shape index (κ2) is 10.2. The third kappa shape index (κ3) is 5.35. The van der Waals surface area contributed by atoms with Crippen LogP contribution in [0.5, 0.6) is 11.8 Å². The van der Waals surface area contributed by atoms with E-state index in [9.17, 15) is 4.79 Å². The summed E-state index contributed by atoms with van der Waals surface area (Å²) in [5, 5.41) is 1.50. The van der Waals surface area contributed by atoms with E-state index in [-0.39, 0.29) is 23.8 Å². The van der Waals surface area contributed by atoms with Crippen molar-refractivity contribution in [3.05, 3.63) is 81.1 Å². The smallest absolute Gasteiger partial charge is 0.255 e. The van der Waals surface area contributed by atoms with Gasteiger partial charge < -0.3 is 14.4 Å². The fourth-order valence-electron chi connectivity index (χ4n) is 4.09. The van der Waals surface area contributed by atoms with Gasteiger partial charge in [-0.2, -0.15) is 0 Å². The van der Waals surface area contributed by atoms with Crippen molar-refractivity contribution >= 4 is 40.7 Å². The first kappa shape index (κ1) is 23.6. The van der Waals surface area contributed by atoms with Crippen LogP contribution in [0.4, 0.5) is 0 Å². The highest BCUT2D eigenvalue weighted by atomic mass is 35.5. The summed E-state index contributed by atoms with van der Waals surface area (Å²) in [7, 11) is 1.54. The Morgan fingerprint density at radius 3 is 2.39 bits per heavy atom. The number of benzene rings is 1. The Balaban J connectivity index is 1.60. The summed E-state index contributed by atoms with van der Waals surface area (Å²) in [5.74, 6) is 0.822. The molecule has 0 spiro atoms. The summed E-state index contributed by atoms with van der Waals surface area (Å²) in [5.41, 5.74) is 1.49.